The molecule has 0 bridgehead atoms. The van der Waals surface area contributed by atoms with Crippen molar-refractivity contribution >= 4 is 23.3 Å². The number of carbonyl (C=O) groups is 2. The molecule has 0 saturated heterocycles. The van der Waals surface area contributed by atoms with E-state index in [-0.39, 0.29) is 17.9 Å². The van der Waals surface area contributed by atoms with Crippen LogP contribution in [-0.4, -0.2) is 36.3 Å². The molecule has 2 atom stereocenters. The number of allylic oxidation sites excluding steroid dienone is 1. The van der Waals surface area contributed by atoms with Crippen molar-refractivity contribution in [2.24, 2.45) is 10.9 Å². The van der Waals surface area contributed by atoms with E-state index in [4.69, 9.17) is 9.47 Å². The molecule has 0 fully saturated rings. The predicted octanol–water partition coefficient (Wildman–Crippen LogP) is 3.17. The Labute approximate surface area is 157 Å². The molecular formula is C19H22N2O6. The van der Waals surface area contributed by atoms with Gasteiger partial charge in [-0.05, 0) is 25.8 Å². The molecule has 144 valence electrons. The van der Waals surface area contributed by atoms with Crippen molar-refractivity contribution in [3.8, 4) is 0 Å². The van der Waals surface area contributed by atoms with Crippen molar-refractivity contribution in [2.75, 3.05) is 13.7 Å². The van der Waals surface area contributed by atoms with Gasteiger partial charge in [0.2, 0.25) is 0 Å². The fourth-order valence-corrected chi connectivity index (χ4v) is 3.17. The summed E-state index contributed by atoms with van der Waals surface area (Å²) in [4.78, 5) is 39.9. The lowest BCUT2D eigenvalue weighted by Crippen LogP contribution is -2.36. The van der Waals surface area contributed by atoms with Crippen LogP contribution < -0.4 is 0 Å². The highest BCUT2D eigenvalue weighted by Gasteiger charge is 2.42. The predicted molar refractivity (Wildman–Crippen MR) is 98.4 cm³/mol. The molecule has 2 unspecified atom stereocenters. The first-order valence-electron chi connectivity index (χ1n) is 8.57. The standard InChI is InChI=1S/C19H22N2O6/c1-5-10-27-19(23)16-12(3)20-11(2)15(18(22)26-4)17(16)13-6-8-14(9-7-13)21(24)25/h6-9,15,17H,5,10H2,1-4H3. The number of aliphatic imine (C=N–C) groups is 1. The Balaban J connectivity index is 2.58. The fourth-order valence-electron chi connectivity index (χ4n) is 3.17. The number of methoxy groups -OCH3 is 1. The topological polar surface area (TPSA) is 108 Å². The number of carbonyl (C=O) groups excluding carboxylic acids is 2. The number of non-ortho nitro benzene ring substituents is 1. The van der Waals surface area contributed by atoms with Crippen molar-refractivity contribution < 1.29 is 24.0 Å². The first kappa shape index (κ1) is 20.3. The monoisotopic (exact) mass is 374 g/mol. The Morgan fingerprint density at radius 1 is 1.22 bits per heavy atom. The van der Waals surface area contributed by atoms with Crippen molar-refractivity contribution in [1.82, 2.24) is 0 Å². The number of rotatable bonds is 6. The van der Waals surface area contributed by atoms with Crippen molar-refractivity contribution in [3.63, 3.8) is 0 Å². The first-order valence-corrected chi connectivity index (χ1v) is 8.57. The summed E-state index contributed by atoms with van der Waals surface area (Å²) < 4.78 is 10.2. The molecule has 8 nitrogen and oxygen atoms in total. The number of nitro groups is 1. The zero-order valence-corrected chi connectivity index (χ0v) is 15.7. The fraction of sp³-hybridized carbons (Fsp3) is 0.421. The summed E-state index contributed by atoms with van der Waals surface area (Å²) in [5.41, 5.74) is 1.73. The second kappa shape index (κ2) is 8.57. The number of nitro benzene ring substituents is 1. The number of nitrogens with zero attached hydrogens (tertiary/aromatic N) is 2. The van der Waals surface area contributed by atoms with Crippen LogP contribution >= 0.6 is 0 Å². The number of esters is 2. The van der Waals surface area contributed by atoms with Crippen LogP contribution in [0.15, 0.2) is 40.5 Å². The summed E-state index contributed by atoms with van der Waals surface area (Å²) in [6, 6.07) is 5.76. The molecule has 0 saturated carbocycles. The third kappa shape index (κ3) is 4.21. The lowest BCUT2D eigenvalue weighted by molar-refractivity contribution is -0.384. The molecule has 1 aliphatic rings. The third-order valence-corrected chi connectivity index (χ3v) is 4.40. The second-order valence-electron chi connectivity index (χ2n) is 6.22. The van der Waals surface area contributed by atoms with Gasteiger partial charge in [-0.25, -0.2) is 4.79 Å². The lowest BCUT2D eigenvalue weighted by atomic mass is 9.75. The third-order valence-electron chi connectivity index (χ3n) is 4.40. The van der Waals surface area contributed by atoms with E-state index in [1.165, 1.54) is 31.4 Å². The molecule has 27 heavy (non-hydrogen) atoms. The normalized spacial score (nSPS) is 19.3. The molecule has 1 aromatic carbocycles. The highest BCUT2D eigenvalue weighted by atomic mass is 16.6. The van der Waals surface area contributed by atoms with E-state index in [2.05, 4.69) is 4.99 Å². The molecule has 0 spiro atoms. The Morgan fingerprint density at radius 3 is 2.37 bits per heavy atom. The van der Waals surface area contributed by atoms with Crippen LogP contribution in [-0.2, 0) is 19.1 Å². The molecule has 1 aromatic rings. The van der Waals surface area contributed by atoms with Gasteiger partial charge in [-0.3, -0.25) is 19.9 Å². The smallest absolute Gasteiger partial charge is 0.336 e. The van der Waals surface area contributed by atoms with E-state index < -0.39 is 28.7 Å². The second-order valence-corrected chi connectivity index (χ2v) is 6.22. The van der Waals surface area contributed by atoms with Crippen LogP contribution in [0.1, 0.15) is 38.7 Å². The quantitative estimate of drug-likeness (QED) is 0.430. The molecule has 0 aliphatic carbocycles. The van der Waals surface area contributed by atoms with E-state index in [9.17, 15) is 19.7 Å². The Bertz CT molecular complexity index is 810. The molecule has 0 amide bonds. The van der Waals surface area contributed by atoms with Gasteiger partial charge in [0.05, 0.1) is 24.2 Å². The van der Waals surface area contributed by atoms with Gasteiger partial charge in [0, 0.05) is 29.5 Å². The largest absolute Gasteiger partial charge is 0.468 e. The lowest BCUT2D eigenvalue weighted by Gasteiger charge is -2.31. The summed E-state index contributed by atoms with van der Waals surface area (Å²) in [7, 11) is 1.27. The van der Waals surface area contributed by atoms with Crippen LogP contribution in [0.5, 0.6) is 0 Å². The van der Waals surface area contributed by atoms with Gasteiger partial charge >= 0.3 is 11.9 Å². The Hall–Kier alpha value is -3.03. The molecule has 0 N–H and O–H groups in total. The maximum absolute atomic E-state index is 12.7. The minimum absolute atomic E-state index is 0.0784. The number of hydrogen-bond acceptors (Lipinski definition) is 7. The molecule has 0 aromatic heterocycles. The van der Waals surface area contributed by atoms with Crippen LogP contribution in [0.4, 0.5) is 5.69 Å². The summed E-state index contributed by atoms with van der Waals surface area (Å²) in [6.45, 7) is 5.49. The average molecular weight is 374 g/mol. The number of hydrogen-bond donors (Lipinski definition) is 0. The van der Waals surface area contributed by atoms with Crippen molar-refractivity contribution in [1.29, 1.82) is 0 Å². The van der Waals surface area contributed by atoms with Gasteiger partial charge in [-0.2, -0.15) is 0 Å². The molecule has 1 aliphatic heterocycles. The van der Waals surface area contributed by atoms with Crippen LogP contribution in [0.25, 0.3) is 0 Å². The van der Waals surface area contributed by atoms with E-state index in [1.807, 2.05) is 6.92 Å². The van der Waals surface area contributed by atoms with Gasteiger partial charge in [0.25, 0.3) is 5.69 Å². The van der Waals surface area contributed by atoms with E-state index in [0.717, 1.165) is 0 Å². The Kier molecular flexibility index (Phi) is 6.44. The molecule has 1 heterocycles. The summed E-state index contributed by atoms with van der Waals surface area (Å²) in [5.74, 6) is -2.60. The minimum Gasteiger partial charge on any atom is -0.468 e. The highest BCUT2D eigenvalue weighted by molar-refractivity contribution is 6.06. The average Bonchev–Trinajstić information content (AvgIpc) is 2.65. The first-order chi connectivity index (χ1) is 12.8. The van der Waals surface area contributed by atoms with Crippen molar-refractivity contribution in [3.05, 3.63) is 51.2 Å². The van der Waals surface area contributed by atoms with E-state index >= 15 is 0 Å². The zero-order valence-electron chi connectivity index (χ0n) is 15.7. The van der Waals surface area contributed by atoms with Gasteiger partial charge in [0.1, 0.15) is 5.92 Å². The molecular weight excluding hydrogens is 352 g/mol. The van der Waals surface area contributed by atoms with Crippen molar-refractivity contribution in [2.45, 2.75) is 33.1 Å². The van der Waals surface area contributed by atoms with Gasteiger partial charge in [0.15, 0.2) is 0 Å². The highest BCUT2D eigenvalue weighted by Crippen LogP contribution is 2.40. The van der Waals surface area contributed by atoms with E-state index in [0.29, 0.717) is 23.4 Å². The van der Waals surface area contributed by atoms with E-state index in [1.54, 1.807) is 13.8 Å². The zero-order chi connectivity index (χ0) is 20.1. The van der Waals surface area contributed by atoms with Crippen LogP contribution in [0.3, 0.4) is 0 Å². The SMILES string of the molecule is CCCOC(=O)C1=C(C)N=C(C)C(C(=O)OC)C1c1ccc([N+](=O)[O-])cc1. The van der Waals surface area contributed by atoms with Crippen LogP contribution in [0, 0.1) is 16.0 Å². The summed E-state index contributed by atoms with van der Waals surface area (Å²) in [6.07, 6.45) is 0.656. The molecule has 8 heteroatoms. The summed E-state index contributed by atoms with van der Waals surface area (Å²) >= 11 is 0. The van der Waals surface area contributed by atoms with Crippen LogP contribution in [0.2, 0.25) is 0 Å². The maximum Gasteiger partial charge on any atom is 0.336 e. The number of ether oxygens (including phenoxy) is 2. The van der Waals surface area contributed by atoms with Gasteiger partial charge in [-0.1, -0.05) is 19.1 Å². The molecule has 0 radical (unpaired) electrons. The minimum atomic E-state index is -0.815. The number of benzene rings is 1. The maximum atomic E-state index is 12.7. The molecule has 2 rings (SSSR count). The van der Waals surface area contributed by atoms with Gasteiger partial charge < -0.3 is 9.47 Å². The van der Waals surface area contributed by atoms with Gasteiger partial charge in [-0.15, -0.1) is 0 Å². The Morgan fingerprint density at radius 2 is 1.85 bits per heavy atom. The summed E-state index contributed by atoms with van der Waals surface area (Å²) in [5, 5.41) is 10.9.